The number of fused-ring (bicyclic) bond motifs is 13. The molecule has 8 aliphatic rings. The van der Waals surface area contributed by atoms with Crippen molar-refractivity contribution in [2.24, 2.45) is 5.73 Å². The van der Waals surface area contributed by atoms with Gasteiger partial charge in [0, 0.05) is 60.3 Å². The molecule has 2 fully saturated rings. The highest BCUT2D eigenvalue weighted by atomic mass is 35.5. The molecule has 0 saturated carbocycles. The van der Waals surface area contributed by atoms with Crippen LogP contribution in [0, 0.1) is 0 Å². The van der Waals surface area contributed by atoms with Gasteiger partial charge in [0.25, 0.3) is 5.91 Å². The van der Waals surface area contributed by atoms with Crippen molar-refractivity contribution >= 4 is 70.5 Å². The van der Waals surface area contributed by atoms with Crippen molar-refractivity contribution in [1.82, 2.24) is 47.9 Å². The van der Waals surface area contributed by atoms with Gasteiger partial charge in [0.2, 0.25) is 59.7 Å². The number of phenols is 4. The fourth-order valence-electron chi connectivity index (χ4n) is 19.1. The highest BCUT2D eigenvalue weighted by molar-refractivity contribution is 6.32. The number of quaternary nitrogens is 2. The van der Waals surface area contributed by atoms with Crippen molar-refractivity contribution < 1.29 is 142 Å². The van der Waals surface area contributed by atoms with Crippen LogP contribution in [-0.4, -0.2) is 259 Å². The molecule has 8 aliphatic heterocycles. The molecular formula is C107H112Cl2N12O27+2. The third kappa shape index (κ3) is 22.9. The number of phenolic OH excluding ortho intramolecular Hbond substituents is 4. The van der Waals surface area contributed by atoms with Crippen LogP contribution in [0.2, 0.25) is 10.0 Å². The van der Waals surface area contributed by atoms with E-state index >= 15 is 28.8 Å². The lowest BCUT2D eigenvalue weighted by Gasteiger charge is -2.40. The van der Waals surface area contributed by atoms with Gasteiger partial charge in [-0.1, -0.05) is 163 Å². The van der Waals surface area contributed by atoms with Gasteiger partial charge < -0.3 is 157 Å². The zero-order valence-electron chi connectivity index (χ0n) is 80.4. The summed E-state index contributed by atoms with van der Waals surface area (Å²) in [5, 5.41) is 166. The maximum absolute atomic E-state index is 17.2. The van der Waals surface area contributed by atoms with E-state index in [1.165, 1.54) is 49.5 Å². The molecule has 11 aromatic carbocycles. The van der Waals surface area contributed by atoms with E-state index in [4.69, 9.17) is 62.1 Å². The summed E-state index contributed by atoms with van der Waals surface area (Å²) >= 11 is 14.7. The smallest absolute Gasteiger partial charge is 0.252 e. The number of nitrogens with one attached hydrogen (secondary N) is 9. The van der Waals surface area contributed by atoms with Crippen LogP contribution in [-0.2, 0) is 60.9 Å². The minimum Gasteiger partial charge on any atom is -0.508 e. The van der Waals surface area contributed by atoms with Gasteiger partial charge in [-0.15, -0.1) is 0 Å². The number of rotatable bonds is 22. The van der Waals surface area contributed by atoms with Crippen molar-refractivity contribution in [3.63, 3.8) is 0 Å². The molecule has 19 unspecified atom stereocenters. The summed E-state index contributed by atoms with van der Waals surface area (Å²) < 4.78 is 46.2. The summed E-state index contributed by atoms with van der Waals surface area (Å²) in [5.74, 6) is -17.5. The van der Waals surface area contributed by atoms with Crippen LogP contribution in [0.5, 0.6) is 69.0 Å². The summed E-state index contributed by atoms with van der Waals surface area (Å²) in [6, 6.07) is 39.7. The monoisotopic (exact) mass is 2070 g/mol. The van der Waals surface area contributed by atoms with Gasteiger partial charge in [-0.25, -0.2) is 0 Å². The first-order valence-electron chi connectivity index (χ1n) is 47.7. The third-order valence-corrected chi connectivity index (χ3v) is 27.5. The molecule has 19 atom stereocenters. The summed E-state index contributed by atoms with van der Waals surface area (Å²) in [7, 11) is 9.36. The predicted octanol–water partition coefficient (Wildman–Crippen LogP) is 6.47. The fourth-order valence-corrected chi connectivity index (χ4v) is 19.6. The Morgan fingerprint density at radius 2 is 0.932 bits per heavy atom. The molecule has 0 radical (unpaired) electrons. The normalized spacial score (nSPS) is 24.6. The molecule has 19 rings (SSSR count). The van der Waals surface area contributed by atoms with Crippen molar-refractivity contribution in [2.45, 2.75) is 142 Å². The first kappa shape index (κ1) is 105. The largest absolute Gasteiger partial charge is 0.508 e. The Hall–Kier alpha value is -14.6. The lowest BCUT2D eigenvalue weighted by molar-refractivity contribution is -0.903. The Kier molecular flexibility index (Phi) is 31.3. The van der Waals surface area contributed by atoms with Crippen LogP contribution < -0.4 is 77.3 Å². The highest BCUT2D eigenvalue weighted by Gasteiger charge is 2.51. The van der Waals surface area contributed by atoms with Crippen LogP contribution in [0.1, 0.15) is 105 Å². The summed E-state index contributed by atoms with van der Waals surface area (Å²) in [5.41, 5.74) is 9.25. The average molecular weight is 2070 g/mol. The van der Waals surface area contributed by atoms with Crippen LogP contribution in [0.25, 0.3) is 33.4 Å². The lowest BCUT2D eigenvalue weighted by atomic mass is 9.87. The number of ether oxygens (including phenoxy) is 7. The second-order valence-electron chi connectivity index (χ2n) is 38.5. The number of aliphatic hydroxyl groups is 8. The van der Waals surface area contributed by atoms with Crippen LogP contribution in [0.4, 0.5) is 0 Å². The fraction of sp³-hybridized carbons (Fsp3) is 0.308. The van der Waals surface area contributed by atoms with E-state index in [1.54, 1.807) is 0 Å². The molecule has 2 saturated heterocycles. The minimum atomic E-state index is -2.53. The van der Waals surface area contributed by atoms with Crippen molar-refractivity contribution in [3.05, 3.63) is 285 Å². The second-order valence-corrected chi connectivity index (χ2v) is 39.3. The summed E-state index contributed by atoms with van der Waals surface area (Å²) in [6.07, 6.45) is -22.4. The number of aliphatic hydroxyl groups excluding tert-OH is 8. The number of benzene rings is 11. The Labute approximate surface area is 857 Å². The predicted molar refractivity (Wildman–Crippen MR) is 534 cm³/mol. The van der Waals surface area contributed by atoms with Crippen molar-refractivity contribution in [1.29, 1.82) is 0 Å². The number of likely N-dealkylation sites (N-methyl/N-ethyl adjacent to an activating group) is 1. The van der Waals surface area contributed by atoms with Crippen molar-refractivity contribution in [2.75, 3.05) is 68.0 Å². The van der Waals surface area contributed by atoms with Crippen LogP contribution in [0.3, 0.4) is 0 Å². The van der Waals surface area contributed by atoms with Gasteiger partial charge in [0.05, 0.1) is 64.0 Å². The number of carbonyl (C=O) groups excluding carboxylic acids is 8. The number of hydrogen-bond donors (Lipinski definition) is 22. The first-order valence-corrected chi connectivity index (χ1v) is 48.4. The van der Waals surface area contributed by atoms with E-state index in [0.29, 0.717) is 41.6 Å². The Balaban J connectivity index is 0.814. The van der Waals surface area contributed by atoms with Gasteiger partial charge >= 0.3 is 0 Å². The standard InChI is InChI=1S/C107H110Cl2N12O27/c1-111-82-58-29-32-70(125)74(43-58)142-65-40-61(39-63(123)46-65)83-100(136)114-84-62-44-76(143-72-33-30-59(41-68(72)108)89(127)87(103(139)115-83)118-99(82)135)96(147-106-81(110)92(130)94(132)97(148-106)105(141)113-36-14-38-121(4,5)50-53-23-27-57(28-24-53)55-17-10-7-11-18-55)77(45-62)144-73-34-31-60(42-69(73)109)90(128)88-104(140)117-86(98(134)112-35-13-37-120(2,3)49-52-21-25-56(26-22-52)54-15-8-6-9-16-54)67-47-64(124)48-75(145-107-95(133)93(131)91(129)78(51-122)146-107)80(67)79-66(19-12-20-71(79)126)85(102(138)119-88)116-101(84)137/h6-12,15-34,39-48,78,81-95,97,106-107,111,122,127-133H,13-14,35-38,49-51,110H2,1-5H3,(H10-2,112,113,114,115,116,117,118,119,123,124,125,126,134,135,136,137,138,139,140,141)/p+2. The third-order valence-electron chi connectivity index (χ3n) is 26.9. The van der Waals surface area contributed by atoms with Crippen molar-refractivity contribution in [3.8, 4) is 102 Å². The molecular weight excluding hydrogens is 1960 g/mol. The van der Waals surface area contributed by atoms with E-state index in [-0.39, 0.29) is 47.7 Å². The molecule has 8 heterocycles. The molecule has 15 bridgehead atoms. The topological polar surface area (TPSA) is 578 Å². The molecule has 39 nitrogen and oxygen atoms in total. The van der Waals surface area contributed by atoms with E-state index in [1.807, 2.05) is 137 Å². The van der Waals surface area contributed by atoms with Crippen LogP contribution in [0.15, 0.2) is 224 Å². The molecule has 11 aromatic rings. The Morgan fingerprint density at radius 1 is 0.426 bits per heavy atom. The van der Waals surface area contributed by atoms with E-state index in [0.717, 1.165) is 106 Å². The molecule has 148 heavy (non-hydrogen) atoms. The van der Waals surface area contributed by atoms with Crippen LogP contribution >= 0.6 is 23.2 Å². The SMILES string of the molecule is CNC1C(=O)NC2C(=O)NC(C(=O)NC3C(=O)NC4C(=O)NC(C(=O)NC(C(=O)NCCC[N+](C)(C)Cc5ccc(-c6ccccc6)cc5)c5cc(O)cc(OC6OC(CO)C(O)C(O)C6O)c5-c5c(O)cccc54)C(O)c4ccc(c(Cl)c4)Oc4cc3cc(c4OC3OC(C(=O)NCCC[N+](C)(C)Cc4ccc(-c5ccccc5)cc4)C(O)C(O)C3N)Oc3ccc(cc3Cl)C2O)c2cc(O)cc(c2)Oc2cc1ccc2O. The average Bonchev–Trinajstić information content (AvgIpc) is 1.20. The number of aromatic hydroxyl groups is 4. The number of nitrogens with zero attached hydrogens (tertiary/aromatic N) is 2. The minimum absolute atomic E-state index is 0.0104. The number of amides is 8. The van der Waals surface area contributed by atoms with Gasteiger partial charge in [-0.05, 0) is 141 Å². The van der Waals surface area contributed by atoms with E-state index in [9.17, 15) is 70.9 Å². The number of hydrogen-bond acceptors (Lipinski definition) is 29. The van der Waals surface area contributed by atoms with E-state index < -0.39 is 271 Å². The lowest BCUT2D eigenvalue weighted by Crippen LogP contribution is -2.65. The highest BCUT2D eigenvalue weighted by Crippen LogP contribution is 2.52. The molecule has 23 N–H and O–H groups in total. The number of halogens is 2. The van der Waals surface area contributed by atoms with Gasteiger partial charge in [-0.3, -0.25) is 38.4 Å². The molecule has 774 valence electrons. The van der Waals surface area contributed by atoms with Gasteiger partial charge in [0.15, 0.2) is 29.1 Å². The van der Waals surface area contributed by atoms with Gasteiger partial charge in [0.1, 0.15) is 144 Å². The molecule has 0 aliphatic carbocycles. The molecule has 41 heteroatoms. The second kappa shape index (κ2) is 44.2. The Bertz CT molecular complexity index is 6840. The quantitative estimate of drug-likeness (QED) is 0.0255. The number of carbonyl (C=O) groups is 8. The Morgan fingerprint density at radius 3 is 1.49 bits per heavy atom. The zero-order valence-corrected chi connectivity index (χ0v) is 81.9. The summed E-state index contributed by atoms with van der Waals surface area (Å²) in [4.78, 5) is 128. The van der Waals surface area contributed by atoms with E-state index in [2.05, 4.69) is 47.9 Å². The number of nitrogens with two attached hydrogens (primary N) is 1. The first-order chi connectivity index (χ1) is 70.8. The maximum atomic E-state index is 17.2. The zero-order chi connectivity index (χ0) is 105. The summed E-state index contributed by atoms with van der Waals surface area (Å²) in [6.45, 7) is 0.899. The molecule has 0 spiro atoms. The molecule has 8 amide bonds. The van der Waals surface area contributed by atoms with Gasteiger partial charge in [-0.2, -0.15) is 0 Å². The maximum Gasteiger partial charge on any atom is 0.252 e. The molecule has 0 aromatic heterocycles.